The Kier molecular flexibility index (Phi) is 6.14. The molecule has 1 aliphatic rings. The quantitative estimate of drug-likeness (QED) is 0.555. The number of nitrogens with zero attached hydrogens (tertiary/aromatic N) is 4. The lowest BCUT2D eigenvalue weighted by molar-refractivity contribution is -0.129. The fourth-order valence-corrected chi connectivity index (χ4v) is 4.66. The summed E-state index contributed by atoms with van der Waals surface area (Å²) in [6.45, 7) is -0.268. The van der Waals surface area contributed by atoms with E-state index in [0.717, 1.165) is 16.1 Å². The van der Waals surface area contributed by atoms with E-state index in [1.54, 1.807) is 32.3 Å². The number of pyridine rings is 1. The van der Waals surface area contributed by atoms with Gasteiger partial charge in [-0.2, -0.15) is 0 Å². The Morgan fingerprint density at radius 3 is 2.43 bits per heavy atom. The summed E-state index contributed by atoms with van der Waals surface area (Å²) in [5.41, 5.74) is 2.06. The van der Waals surface area contributed by atoms with Crippen molar-refractivity contribution in [3.05, 3.63) is 64.6 Å². The molecular weight excluding hydrogens is 475 g/mol. The van der Waals surface area contributed by atoms with Crippen LogP contribution in [0.15, 0.2) is 36.5 Å². The summed E-state index contributed by atoms with van der Waals surface area (Å²) in [7, 11) is 0.748. The lowest BCUT2D eigenvalue weighted by Gasteiger charge is -2.23. The maximum absolute atomic E-state index is 13.3. The second-order valence-electron chi connectivity index (χ2n) is 8.77. The fourth-order valence-electron chi connectivity index (χ4n) is 4.12. The van der Waals surface area contributed by atoms with E-state index in [9.17, 15) is 27.5 Å². The van der Waals surface area contributed by atoms with Crippen molar-refractivity contribution in [2.24, 2.45) is 0 Å². The Morgan fingerprint density at radius 1 is 1.17 bits per heavy atom. The van der Waals surface area contributed by atoms with Crippen LogP contribution in [0.5, 0.6) is 5.75 Å². The number of carbonyl (C=O) groups excluding carboxylic acids is 2. The van der Waals surface area contributed by atoms with Gasteiger partial charge < -0.3 is 14.9 Å². The standard InChI is InChI=1S/C24H25FN4O5S/c1-27(2)19(30)13-29-12-18-20(24(29)32)23(31)21-17(22(18)28(3)35(4,33)34)10-15(11-26-21)9-14-5-7-16(25)8-6-14/h5-8,10-11,31H,9,12-13H2,1-4H3. The van der Waals surface area contributed by atoms with Gasteiger partial charge in [-0.25, -0.2) is 12.8 Å². The molecule has 9 nitrogen and oxygen atoms in total. The molecule has 4 rings (SSSR count). The van der Waals surface area contributed by atoms with E-state index in [4.69, 9.17) is 0 Å². The number of sulfonamides is 1. The van der Waals surface area contributed by atoms with Crippen LogP contribution in [0.1, 0.15) is 27.0 Å². The lowest BCUT2D eigenvalue weighted by atomic mass is 9.98. The van der Waals surface area contributed by atoms with Gasteiger partial charge in [0, 0.05) is 44.8 Å². The summed E-state index contributed by atoms with van der Waals surface area (Å²) in [5.74, 6) is -1.61. The minimum atomic E-state index is -3.75. The summed E-state index contributed by atoms with van der Waals surface area (Å²) < 4.78 is 39.4. The van der Waals surface area contributed by atoms with E-state index in [1.807, 2.05) is 0 Å². The van der Waals surface area contributed by atoms with Gasteiger partial charge in [-0.15, -0.1) is 0 Å². The SMILES string of the molecule is CN(C)C(=O)CN1Cc2c(c(O)c3ncc(Cc4ccc(F)cc4)cc3c2N(C)S(C)(=O)=O)C1=O. The first-order valence-electron chi connectivity index (χ1n) is 10.7. The van der Waals surface area contributed by atoms with Gasteiger partial charge in [-0.3, -0.25) is 18.9 Å². The molecule has 184 valence electrons. The van der Waals surface area contributed by atoms with Crippen LogP contribution in [-0.4, -0.2) is 74.1 Å². The Labute approximate surface area is 202 Å². The van der Waals surface area contributed by atoms with Crippen LogP contribution in [-0.2, 0) is 27.8 Å². The Bertz CT molecular complexity index is 1460. The minimum absolute atomic E-state index is 0.0470. The van der Waals surface area contributed by atoms with Gasteiger partial charge in [0.15, 0.2) is 5.75 Å². The van der Waals surface area contributed by atoms with Crippen molar-refractivity contribution in [3.63, 3.8) is 0 Å². The minimum Gasteiger partial charge on any atom is -0.505 e. The molecule has 0 unspecified atom stereocenters. The number of hydrogen-bond acceptors (Lipinski definition) is 6. The van der Waals surface area contributed by atoms with Crippen molar-refractivity contribution < 1.29 is 27.5 Å². The second kappa shape index (κ2) is 8.81. The molecule has 11 heteroatoms. The molecule has 0 saturated carbocycles. The zero-order chi connectivity index (χ0) is 25.7. The van der Waals surface area contributed by atoms with Crippen LogP contribution < -0.4 is 4.31 Å². The summed E-state index contributed by atoms with van der Waals surface area (Å²) in [6, 6.07) is 7.69. The van der Waals surface area contributed by atoms with Gasteiger partial charge >= 0.3 is 0 Å². The largest absolute Gasteiger partial charge is 0.505 e. The number of rotatable bonds is 6. The van der Waals surface area contributed by atoms with Gasteiger partial charge in [0.2, 0.25) is 15.9 Å². The molecule has 1 aliphatic heterocycles. The number of carbonyl (C=O) groups is 2. The Hall–Kier alpha value is -3.73. The lowest BCUT2D eigenvalue weighted by Crippen LogP contribution is -2.36. The van der Waals surface area contributed by atoms with Crippen LogP contribution in [0.4, 0.5) is 10.1 Å². The number of halogens is 1. The number of amides is 2. The number of aromatic nitrogens is 1. The molecule has 1 N–H and O–H groups in total. The third-order valence-electron chi connectivity index (χ3n) is 6.06. The predicted molar refractivity (Wildman–Crippen MR) is 129 cm³/mol. The smallest absolute Gasteiger partial charge is 0.258 e. The van der Waals surface area contributed by atoms with E-state index in [0.29, 0.717) is 22.9 Å². The number of likely N-dealkylation sites (N-methyl/N-ethyl adjacent to an activating group) is 1. The van der Waals surface area contributed by atoms with E-state index in [1.165, 1.54) is 35.2 Å². The van der Waals surface area contributed by atoms with Gasteiger partial charge in [-0.05, 0) is 35.7 Å². The average molecular weight is 501 g/mol. The highest BCUT2D eigenvalue weighted by molar-refractivity contribution is 7.92. The first kappa shape index (κ1) is 24.4. The number of benzene rings is 2. The molecule has 0 spiro atoms. The van der Waals surface area contributed by atoms with Gasteiger partial charge in [0.25, 0.3) is 5.91 Å². The highest BCUT2D eigenvalue weighted by Gasteiger charge is 2.38. The molecule has 0 atom stereocenters. The highest BCUT2D eigenvalue weighted by atomic mass is 32.2. The number of fused-ring (bicyclic) bond motifs is 2. The third kappa shape index (κ3) is 4.51. The third-order valence-corrected chi connectivity index (χ3v) is 7.23. The van der Waals surface area contributed by atoms with Crippen molar-refractivity contribution in [1.29, 1.82) is 0 Å². The van der Waals surface area contributed by atoms with Gasteiger partial charge in [-0.1, -0.05) is 12.1 Å². The summed E-state index contributed by atoms with van der Waals surface area (Å²) in [5, 5.41) is 11.4. The number of aromatic hydroxyl groups is 1. The zero-order valence-corrected chi connectivity index (χ0v) is 20.6. The normalized spacial score (nSPS) is 13.3. The summed E-state index contributed by atoms with van der Waals surface area (Å²) >= 11 is 0. The first-order chi connectivity index (χ1) is 16.4. The average Bonchev–Trinajstić information content (AvgIpc) is 3.10. The fraction of sp³-hybridized carbons (Fsp3) is 0.292. The van der Waals surface area contributed by atoms with E-state index in [-0.39, 0.29) is 47.3 Å². The maximum Gasteiger partial charge on any atom is 0.258 e. The monoisotopic (exact) mass is 500 g/mol. The van der Waals surface area contributed by atoms with Crippen LogP contribution in [0, 0.1) is 5.82 Å². The molecule has 0 fully saturated rings. The van der Waals surface area contributed by atoms with Gasteiger partial charge in [0.1, 0.15) is 17.9 Å². The first-order valence-corrected chi connectivity index (χ1v) is 12.6. The van der Waals surface area contributed by atoms with Crippen molar-refractivity contribution in [2.75, 3.05) is 38.2 Å². The van der Waals surface area contributed by atoms with Gasteiger partial charge in [0.05, 0.1) is 17.5 Å². The van der Waals surface area contributed by atoms with Crippen LogP contribution in [0.25, 0.3) is 10.9 Å². The van der Waals surface area contributed by atoms with Crippen molar-refractivity contribution in [2.45, 2.75) is 13.0 Å². The maximum atomic E-state index is 13.3. The van der Waals surface area contributed by atoms with Crippen molar-refractivity contribution >= 4 is 38.4 Å². The summed E-state index contributed by atoms with van der Waals surface area (Å²) in [4.78, 5) is 32.4. The molecule has 2 aromatic carbocycles. The van der Waals surface area contributed by atoms with Crippen LogP contribution >= 0.6 is 0 Å². The molecule has 2 amide bonds. The Balaban J connectivity index is 1.90. The molecule has 35 heavy (non-hydrogen) atoms. The molecule has 2 heterocycles. The van der Waals surface area contributed by atoms with E-state index < -0.39 is 15.9 Å². The topological polar surface area (TPSA) is 111 Å². The molecular formula is C24H25FN4O5S. The van der Waals surface area contributed by atoms with E-state index in [2.05, 4.69) is 4.98 Å². The number of phenols is 1. The number of anilines is 1. The molecule has 0 radical (unpaired) electrons. The highest BCUT2D eigenvalue weighted by Crippen LogP contribution is 2.44. The van der Waals surface area contributed by atoms with Crippen molar-refractivity contribution in [3.8, 4) is 5.75 Å². The van der Waals surface area contributed by atoms with Crippen LogP contribution in [0.2, 0.25) is 0 Å². The number of hydrogen-bond donors (Lipinski definition) is 1. The zero-order valence-electron chi connectivity index (χ0n) is 19.7. The molecule has 0 saturated heterocycles. The predicted octanol–water partition coefficient (Wildman–Crippen LogP) is 2.11. The number of phenolic OH excluding ortho intramolecular Hbond substituents is 1. The van der Waals surface area contributed by atoms with Crippen LogP contribution in [0.3, 0.4) is 0 Å². The summed E-state index contributed by atoms with van der Waals surface area (Å²) in [6.07, 6.45) is 2.96. The van der Waals surface area contributed by atoms with Crippen molar-refractivity contribution in [1.82, 2.24) is 14.8 Å². The molecule has 3 aromatic rings. The molecule has 0 aliphatic carbocycles. The molecule has 0 bridgehead atoms. The Morgan fingerprint density at radius 2 is 1.83 bits per heavy atom. The molecule has 1 aromatic heterocycles. The second-order valence-corrected chi connectivity index (χ2v) is 10.8. The van der Waals surface area contributed by atoms with E-state index >= 15 is 0 Å².